The van der Waals surface area contributed by atoms with Crippen LogP contribution in [0, 0.1) is 0 Å². The molecular formula is C15H24N2O2. The van der Waals surface area contributed by atoms with E-state index in [-0.39, 0.29) is 12.0 Å². The normalized spacial score (nSPS) is 13.4. The van der Waals surface area contributed by atoms with E-state index in [0.717, 1.165) is 18.7 Å². The van der Waals surface area contributed by atoms with E-state index in [1.807, 2.05) is 46.8 Å². The van der Waals surface area contributed by atoms with Crippen LogP contribution in [-0.2, 0) is 16.1 Å². The van der Waals surface area contributed by atoms with Crippen LogP contribution in [0.1, 0.15) is 40.2 Å². The number of rotatable bonds is 5. The molecule has 19 heavy (non-hydrogen) atoms. The zero-order valence-corrected chi connectivity index (χ0v) is 12.5. The van der Waals surface area contributed by atoms with Crippen LogP contribution in [0.15, 0.2) is 24.5 Å². The molecule has 0 radical (unpaired) electrons. The first-order valence-corrected chi connectivity index (χ1v) is 6.69. The van der Waals surface area contributed by atoms with Crippen molar-refractivity contribution in [3.8, 4) is 0 Å². The molecule has 106 valence electrons. The Morgan fingerprint density at radius 1 is 1.37 bits per heavy atom. The van der Waals surface area contributed by atoms with Gasteiger partial charge in [0.2, 0.25) is 0 Å². The molecule has 0 aliphatic carbocycles. The lowest BCUT2D eigenvalue weighted by Gasteiger charge is -2.29. The van der Waals surface area contributed by atoms with Crippen LogP contribution in [0.4, 0.5) is 0 Å². The molecule has 1 heterocycles. The summed E-state index contributed by atoms with van der Waals surface area (Å²) in [5.74, 6) is -0.177. The molecule has 0 aliphatic heterocycles. The number of carbonyl (C=O) groups excluding carboxylic acids is 1. The van der Waals surface area contributed by atoms with Crippen molar-refractivity contribution in [1.29, 1.82) is 0 Å². The van der Waals surface area contributed by atoms with E-state index in [9.17, 15) is 4.79 Å². The fourth-order valence-corrected chi connectivity index (χ4v) is 1.78. The van der Waals surface area contributed by atoms with E-state index >= 15 is 0 Å². The Balaban J connectivity index is 2.66. The lowest BCUT2D eigenvalue weighted by atomic mass is 10.1. The van der Waals surface area contributed by atoms with Crippen LogP contribution in [0.2, 0.25) is 0 Å². The van der Waals surface area contributed by atoms with Gasteiger partial charge in [0.05, 0.1) is 0 Å². The molecule has 0 aromatic carbocycles. The summed E-state index contributed by atoms with van der Waals surface area (Å²) >= 11 is 0. The Morgan fingerprint density at radius 2 is 1.95 bits per heavy atom. The van der Waals surface area contributed by atoms with Gasteiger partial charge in [-0.05, 0) is 51.9 Å². The first-order valence-electron chi connectivity index (χ1n) is 6.69. The van der Waals surface area contributed by atoms with Gasteiger partial charge in [-0.2, -0.15) is 0 Å². The highest BCUT2D eigenvalue weighted by Crippen LogP contribution is 2.13. The molecule has 0 fully saturated rings. The maximum absolute atomic E-state index is 12.1. The van der Waals surface area contributed by atoms with Crippen LogP contribution in [0.25, 0.3) is 0 Å². The van der Waals surface area contributed by atoms with Gasteiger partial charge in [0, 0.05) is 18.9 Å². The largest absolute Gasteiger partial charge is 0.459 e. The molecule has 1 atom stereocenters. The molecular weight excluding hydrogens is 240 g/mol. The van der Waals surface area contributed by atoms with E-state index < -0.39 is 5.60 Å². The molecule has 0 bridgehead atoms. The van der Waals surface area contributed by atoms with Gasteiger partial charge in [0.25, 0.3) is 0 Å². The van der Waals surface area contributed by atoms with E-state index in [4.69, 9.17) is 4.74 Å². The molecule has 1 rings (SSSR count). The Kier molecular flexibility index (Phi) is 5.48. The van der Waals surface area contributed by atoms with Crippen molar-refractivity contribution in [3.05, 3.63) is 30.1 Å². The number of ether oxygens (including phenoxy) is 1. The van der Waals surface area contributed by atoms with Gasteiger partial charge in [0.15, 0.2) is 0 Å². The second-order valence-electron chi connectivity index (χ2n) is 5.63. The number of nitrogens with zero attached hydrogens (tertiary/aromatic N) is 2. The minimum absolute atomic E-state index is 0.177. The Hall–Kier alpha value is -1.42. The second kappa shape index (κ2) is 6.66. The molecule has 0 amide bonds. The van der Waals surface area contributed by atoms with Crippen molar-refractivity contribution < 1.29 is 9.53 Å². The summed E-state index contributed by atoms with van der Waals surface area (Å²) in [6.07, 6.45) is 3.53. The lowest BCUT2D eigenvalue weighted by Crippen LogP contribution is -2.42. The summed E-state index contributed by atoms with van der Waals surface area (Å²) in [7, 11) is 0. The zero-order valence-electron chi connectivity index (χ0n) is 12.5. The Bertz CT molecular complexity index is 398. The third kappa shape index (κ3) is 5.39. The van der Waals surface area contributed by atoms with Gasteiger partial charge in [-0.15, -0.1) is 0 Å². The molecule has 0 N–H and O–H groups in total. The highest BCUT2D eigenvalue weighted by atomic mass is 16.6. The van der Waals surface area contributed by atoms with E-state index in [0.29, 0.717) is 0 Å². The van der Waals surface area contributed by atoms with Crippen LogP contribution in [0.3, 0.4) is 0 Å². The summed E-state index contributed by atoms with van der Waals surface area (Å²) < 4.78 is 5.43. The number of carbonyl (C=O) groups is 1. The number of esters is 1. The van der Waals surface area contributed by atoms with Gasteiger partial charge in [-0.25, -0.2) is 0 Å². The van der Waals surface area contributed by atoms with E-state index in [1.165, 1.54) is 0 Å². The van der Waals surface area contributed by atoms with Gasteiger partial charge >= 0.3 is 5.97 Å². The van der Waals surface area contributed by atoms with Crippen molar-refractivity contribution in [2.24, 2.45) is 0 Å². The molecule has 0 spiro atoms. The van der Waals surface area contributed by atoms with Crippen molar-refractivity contribution in [1.82, 2.24) is 9.88 Å². The van der Waals surface area contributed by atoms with Crippen molar-refractivity contribution >= 4 is 5.97 Å². The highest BCUT2D eigenvalue weighted by Gasteiger charge is 2.25. The minimum Gasteiger partial charge on any atom is -0.459 e. The lowest BCUT2D eigenvalue weighted by molar-refractivity contribution is -0.160. The third-order valence-corrected chi connectivity index (χ3v) is 2.84. The SMILES string of the molecule is CCN(Cc1ccncc1)C(C)C(=O)OC(C)(C)C. The van der Waals surface area contributed by atoms with Crippen LogP contribution in [-0.4, -0.2) is 34.0 Å². The number of aromatic nitrogens is 1. The molecule has 4 heteroatoms. The monoisotopic (exact) mass is 264 g/mol. The minimum atomic E-state index is -0.443. The number of hydrogen-bond donors (Lipinski definition) is 0. The molecule has 0 aliphatic rings. The van der Waals surface area contributed by atoms with Crippen molar-refractivity contribution in [2.45, 2.75) is 52.8 Å². The van der Waals surface area contributed by atoms with Crippen LogP contribution in [0.5, 0.6) is 0 Å². The van der Waals surface area contributed by atoms with E-state index in [1.54, 1.807) is 12.4 Å². The van der Waals surface area contributed by atoms with Gasteiger partial charge in [-0.1, -0.05) is 6.92 Å². The molecule has 0 saturated heterocycles. The molecule has 0 saturated carbocycles. The molecule has 4 nitrogen and oxygen atoms in total. The number of hydrogen-bond acceptors (Lipinski definition) is 4. The van der Waals surface area contributed by atoms with Gasteiger partial charge < -0.3 is 4.74 Å². The van der Waals surface area contributed by atoms with Gasteiger partial charge in [0.1, 0.15) is 11.6 Å². The van der Waals surface area contributed by atoms with Crippen molar-refractivity contribution in [2.75, 3.05) is 6.54 Å². The maximum Gasteiger partial charge on any atom is 0.323 e. The van der Waals surface area contributed by atoms with E-state index in [2.05, 4.69) is 9.88 Å². The van der Waals surface area contributed by atoms with Crippen molar-refractivity contribution in [3.63, 3.8) is 0 Å². The Labute approximate surface area is 115 Å². The first-order chi connectivity index (χ1) is 8.83. The Morgan fingerprint density at radius 3 is 2.42 bits per heavy atom. The molecule has 1 aromatic rings. The van der Waals surface area contributed by atoms with Gasteiger partial charge in [-0.3, -0.25) is 14.7 Å². The van der Waals surface area contributed by atoms with Crippen LogP contribution >= 0.6 is 0 Å². The summed E-state index contributed by atoms with van der Waals surface area (Å²) in [6.45, 7) is 11.1. The smallest absolute Gasteiger partial charge is 0.323 e. The first kappa shape index (κ1) is 15.6. The quantitative estimate of drug-likeness (QED) is 0.767. The average molecular weight is 264 g/mol. The topological polar surface area (TPSA) is 42.4 Å². The predicted octanol–water partition coefficient (Wildman–Crippen LogP) is 2.63. The van der Waals surface area contributed by atoms with Crippen LogP contribution < -0.4 is 0 Å². The second-order valence-corrected chi connectivity index (χ2v) is 5.63. The fourth-order valence-electron chi connectivity index (χ4n) is 1.78. The number of pyridine rings is 1. The molecule has 1 aromatic heterocycles. The highest BCUT2D eigenvalue weighted by molar-refractivity contribution is 5.75. The summed E-state index contributed by atoms with van der Waals surface area (Å²) in [4.78, 5) is 18.2. The fraction of sp³-hybridized carbons (Fsp3) is 0.600. The predicted molar refractivity (Wildman–Crippen MR) is 75.6 cm³/mol. The summed E-state index contributed by atoms with van der Waals surface area (Å²) in [5, 5.41) is 0. The zero-order chi connectivity index (χ0) is 14.5. The summed E-state index contributed by atoms with van der Waals surface area (Å²) in [6, 6.07) is 3.67. The third-order valence-electron chi connectivity index (χ3n) is 2.84. The molecule has 1 unspecified atom stereocenters. The number of likely N-dealkylation sites (N-methyl/N-ethyl adjacent to an activating group) is 1. The maximum atomic E-state index is 12.1. The summed E-state index contributed by atoms with van der Waals surface area (Å²) in [5.41, 5.74) is 0.703. The average Bonchev–Trinajstić information content (AvgIpc) is 2.34. The standard InChI is InChI=1S/C15H24N2O2/c1-6-17(11-13-7-9-16-10-8-13)12(2)14(18)19-15(3,4)5/h7-10,12H,6,11H2,1-5H3.